The summed E-state index contributed by atoms with van der Waals surface area (Å²) in [6.07, 6.45) is 8.55. The van der Waals surface area contributed by atoms with Crippen molar-refractivity contribution < 1.29 is 9.53 Å². The first-order valence-corrected chi connectivity index (χ1v) is 22.2. The molecule has 0 bridgehead atoms. The Hall–Kier alpha value is -4.37. The molecule has 5 N–H and O–H groups in total. The van der Waals surface area contributed by atoms with Crippen LogP contribution in [0.4, 0.5) is 16.2 Å². The van der Waals surface area contributed by atoms with Crippen molar-refractivity contribution in [2.45, 2.75) is 129 Å². The Kier molecular flexibility index (Phi) is 13.4. The van der Waals surface area contributed by atoms with E-state index in [4.69, 9.17) is 49.4 Å². The molecule has 4 aromatic carbocycles. The first kappa shape index (κ1) is 42.7. The van der Waals surface area contributed by atoms with Gasteiger partial charge in [-0.25, -0.2) is 14.8 Å². The number of nitrogens with two attached hydrogens (primary N) is 2. The van der Waals surface area contributed by atoms with Gasteiger partial charge in [-0.2, -0.15) is 0 Å². The molecule has 6 unspecified atom stereocenters. The van der Waals surface area contributed by atoms with Gasteiger partial charge in [0.15, 0.2) is 0 Å². The van der Waals surface area contributed by atoms with Crippen LogP contribution in [0, 0.1) is 11.8 Å². The topological polar surface area (TPSA) is 118 Å². The SMILES string of the molecule is CCC(NCc1cccc(Cl)c1)c1ccc2c(c1)N=C(N)C1CCCC21.CCC(c1ccc2c(c1)N=C(N)C1CCCC21)N(Cc1cccc(Cl)c1)C(=O)OC(C)(C)C. The number of carbonyl (C=O) groups excluding carboxylic acids is 1. The number of aliphatic imine (C=N–C) groups is 2. The molecular weight excluding hydrogens is 775 g/mol. The van der Waals surface area contributed by atoms with Crippen molar-refractivity contribution in [2.75, 3.05) is 0 Å². The van der Waals surface area contributed by atoms with Gasteiger partial charge in [-0.15, -0.1) is 0 Å². The number of benzene rings is 4. The molecule has 2 saturated carbocycles. The van der Waals surface area contributed by atoms with E-state index >= 15 is 0 Å². The molecule has 59 heavy (non-hydrogen) atoms. The Bertz CT molecular complexity index is 2200. The molecule has 0 radical (unpaired) electrons. The average molecular weight is 836 g/mol. The second-order valence-corrected chi connectivity index (χ2v) is 18.5. The minimum absolute atomic E-state index is 0.165. The molecule has 0 spiro atoms. The highest BCUT2D eigenvalue weighted by Crippen LogP contribution is 2.49. The third-order valence-electron chi connectivity index (χ3n) is 12.5. The fourth-order valence-electron chi connectivity index (χ4n) is 9.66. The van der Waals surface area contributed by atoms with Crippen LogP contribution in [0.25, 0.3) is 0 Å². The van der Waals surface area contributed by atoms with Crippen LogP contribution in [0.5, 0.6) is 0 Å². The fraction of sp³-hybridized carbons (Fsp3) is 0.449. The van der Waals surface area contributed by atoms with Crippen molar-refractivity contribution in [3.8, 4) is 0 Å². The zero-order valence-corrected chi connectivity index (χ0v) is 36.7. The first-order valence-electron chi connectivity index (χ1n) is 21.5. The van der Waals surface area contributed by atoms with Gasteiger partial charge in [0.25, 0.3) is 0 Å². The molecule has 1 amide bonds. The van der Waals surface area contributed by atoms with Crippen LogP contribution in [0.1, 0.15) is 143 Å². The summed E-state index contributed by atoms with van der Waals surface area (Å²) in [6.45, 7) is 11.2. The summed E-state index contributed by atoms with van der Waals surface area (Å²) in [5, 5.41) is 5.08. The lowest BCUT2D eigenvalue weighted by Crippen LogP contribution is -2.39. The molecule has 312 valence electrons. The number of ether oxygens (including phenoxy) is 1. The van der Waals surface area contributed by atoms with Crippen molar-refractivity contribution >= 4 is 52.3 Å². The van der Waals surface area contributed by atoms with Gasteiger partial charge in [-0.05, 0) is 141 Å². The Morgan fingerprint density at radius 2 is 1.27 bits per heavy atom. The van der Waals surface area contributed by atoms with E-state index in [1.54, 1.807) is 4.90 Å². The van der Waals surface area contributed by atoms with Crippen molar-refractivity contribution in [3.63, 3.8) is 0 Å². The van der Waals surface area contributed by atoms with Gasteiger partial charge in [-0.1, -0.05) is 98.4 Å². The number of carbonyl (C=O) groups is 1. The van der Waals surface area contributed by atoms with Gasteiger partial charge in [0.05, 0.1) is 17.4 Å². The predicted octanol–water partition coefficient (Wildman–Crippen LogP) is 12.6. The number of fused-ring (bicyclic) bond motifs is 6. The van der Waals surface area contributed by atoms with Crippen molar-refractivity contribution in [3.05, 3.63) is 128 Å². The van der Waals surface area contributed by atoms with Gasteiger partial charge >= 0.3 is 6.09 Å². The number of halogens is 2. The zero-order chi connectivity index (χ0) is 41.8. The van der Waals surface area contributed by atoms with Crippen LogP contribution >= 0.6 is 23.2 Å². The molecule has 4 aliphatic rings. The van der Waals surface area contributed by atoms with Gasteiger partial charge < -0.3 is 21.5 Å². The molecule has 2 heterocycles. The number of amides is 1. The summed E-state index contributed by atoms with van der Waals surface area (Å²) in [6, 6.07) is 29.0. The average Bonchev–Trinajstić information content (AvgIpc) is 3.90. The largest absolute Gasteiger partial charge is 0.444 e. The monoisotopic (exact) mass is 834 g/mol. The smallest absolute Gasteiger partial charge is 0.411 e. The summed E-state index contributed by atoms with van der Waals surface area (Å²) in [4.78, 5) is 24.6. The molecule has 2 fully saturated rings. The van der Waals surface area contributed by atoms with Crippen molar-refractivity contribution in [2.24, 2.45) is 33.3 Å². The van der Waals surface area contributed by atoms with Crippen LogP contribution in [0.15, 0.2) is 94.9 Å². The maximum absolute atomic E-state index is 13.3. The van der Waals surface area contributed by atoms with Gasteiger partial charge in [0, 0.05) is 41.0 Å². The minimum Gasteiger partial charge on any atom is -0.444 e. The Morgan fingerprint density at radius 1 is 0.746 bits per heavy atom. The maximum atomic E-state index is 13.3. The molecule has 2 aliphatic carbocycles. The highest BCUT2D eigenvalue weighted by Gasteiger charge is 2.38. The maximum Gasteiger partial charge on any atom is 0.411 e. The number of hydrogen-bond donors (Lipinski definition) is 3. The summed E-state index contributed by atoms with van der Waals surface area (Å²) in [5.41, 5.74) is 21.2. The second kappa shape index (κ2) is 18.5. The number of rotatable bonds is 10. The van der Waals surface area contributed by atoms with E-state index < -0.39 is 5.60 Å². The third-order valence-corrected chi connectivity index (χ3v) is 12.9. The highest BCUT2D eigenvalue weighted by molar-refractivity contribution is 6.30. The molecule has 10 heteroatoms. The van der Waals surface area contributed by atoms with Gasteiger partial charge in [-0.3, -0.25) is 4.90 Å². The molecular formula is C49H60Cl2N6O2. The van der Waals surface area contributed by atoms with E-state index in [1.165, 1.54) is 47.9 Å². The zero-order valence-electron chi connectivity index (χ0n) is 35.2. The highest BCUT2D eigenvalue weighted by atomic mass is 35.5. The minimum atomic E-state index is -0.589. The molecule has 2 aliphatic heterocycles. The summed E-state index contributed by atoms with van der Waals surface area (Å²) >= 11 is 12.3. The third kappa shape index (κ3) is 9.99. The predicted molar refractivity (Wildman–Crippen MR) is 243 cm³/mol. The summed E-state index contributed by atoms with van der Waals surface area (Å²) in [7, 11) is 0. The number of nitrogens with one attached hydrogen (secondary N) is 1. The fourth-order valence-corrected chi connectivity index (χ4v) is 10.1. The Morgan fingerprint density at radius 3 is 1.81 bits per heavy atom. The lowest BCUT2D eigenvalue weighted by molar-refractivity contribution is 0.0131. The van der Waals surface area contributed by atoms with E-state index in [1.807, 2.05) is 63.2 Å². The molecule has 4 aromatic rings. The molecule has 8 nitrogen and oxygen atoms in total. The molecule has 6 atom stereocenters. The number of nitrogens with zero attached hydrogens (tertiary/aromatic N) is 3. The van der Waals surface area contributed by atoms with Crippen LogP contribution in [0.3, 0.4) is 0 Å². The Labute approximate surface area is 360 Å². The normalized spacial score (nSPS) is 21.3. The van der Waals surface area contributed by atoms with Crippen LogP contribution in [0.2, 0.25) is 10.0 Å². The quantitative estimate of drug-likeness (QED) is 0.147. The van der Waals surface area contributed by atoms with Gasteiger partial charge in [0.2, 0.25) is 0 Å². The number of hydrogen-bond acceptors (Lipinski definition) is 7. The molecule has 0 aromatic heterocycles. The standard InChI is InChI=1S/C27H34ClN3O2.C22H26ClN3/c1-5-24(18-12-13-21-20-10-7-11-22(20)25(29)30-23(21)15-18)31(26(32)33-27(2,3)4)16-17-8-6-9-19(28)14-17;1-2-20(25-13-14-5-3-6-16(23)11-14)15-9-10-18-17-7-4-8-19(17)22(24)26-21(18)12-15/h6,8-9,12-15,20,22,24H,5,7,10-11,16H2,1-4H3,(H2,29,30);3,5-6,9-12,17,19-20,25H,2,4,7-8,13H2,1H3,(H2,24,26). The Balaban J connectivity index is 0.000000184. The lowest BCUT2D eigenvalue weighted by Gasteiger charge is -2.34. The van der Waals surface area contributed by atoms with E-state index in [9.17, 15) is 4.79 Å². The molecule has 8 rings (SSSR count). The second-order valence-electron chi connectivity index (χ2n) is 17.6. The van der Waals surface area contributed by atoms with E-state index in [0.29, 0.717) is 35.2 Å². The lowest BCUT2D eigenvalue weighted by atomic mass is 9.83. The van der Waals surface area contributed by atoms with Crippen molar-refractivity contribution in [1.82, 2.24) is 10.2 Å². The summed E-state index contributed by atoms with van der Waals surface area (Å²) < 4.78 is 5.80. The molecule has 0 saturated heterocycles. The van der Waals surface area contributed by atoms with E-state index in [2.05, 4.69) is 61.6 Å². The van der Waals surface area contributed by atoms with E-state index in [-0.39, 0.29) is 18.2 Å². The van der Waals surface area contributed by atoms with Crippen molar-refractivity contribution in [1.29, 1.82) is 0 Å². The number of amidine groups is 2. The van der Waals surface area contributed by atoms with Crippen LogP contribution < -0.4 is 16.8 Å². The van der Waals surface area contributed by atoms with Gasteiger partial charge in [0.1, 0.15) is 17.3 Å². The van der Waals surface area contributed by atoms with Crippen LogP contribution in [-0.2, 0) is 17.8 Å². The van der Waals surface area contributed by atoms with Crippen LogP contribution in [-0.4, -0.2) is 28.3 Å². The van der Waals surface area contributed by atoms with E-state index in [0.717, 1.165) is 71.4 Å². The summed E-state index contributed by atoms with van der Waals surface area (Å²) in [5.74, 6) is 3.42. The first-order chi connectivity index (χ1) is 28.3.